The van der Waals surface area contributed by atoms with E-state index in [1.54, 1.807) is 5.57 Å². The summed E-state index contributed by atoms with van der Waals surface area (Å²) in [6, 6.07) is 11.2. The molecule has 3 atom stereocenters. The van der Waals surface area contributed by atoms with E-state index in [4.69, 9.17) is 0 Å². The first-order chi connectivity index (χ1) is 8.65. The standard InChI is InChI=1S/C17H25N/c1-13-9-14(2)11-16(10-13)12-18-15(3)17-7-5-4-6-8-17/h4-9,13,15-16,18H,10-12H2,1-3H3. The smallest absolute Gasteiger partial charge is 0.0291 e. The van der Waals surface area contributed by atoms with Crippen LogP contribution < -0.4 is 5.32 Å². The first-order valence-electron chi connectivity index (χ1n) is 7.10. The highest BCUT2D eigenvalue weighted by Gasteiger charge is 2.18. The summed E-state index contributed by atoms with van der Waals surface area (Å²) in [4.78, 5) is 0. The van der Waals surface area contributed by atoms with Crippen LogP contribution in [0, 0.1) is 11.8 Å². The van der Waals surface area contributed by atoms with Gasteiger partial charge in [0, 0.05) is 6.04 Å². The number of hydrogen-bond donors (Lipinski definition) is 1. The molecule has 0 radical (unpaired) electrons. The van der Waals surface area contributed by atoms with Gasteiger partial charge in [0.05, 0.1) is 0 Å². The third-order valence-electron chi connectivity index (χ3n) is 3.90. The van der Waals surface area contributed by atoms with Crippen molar-refractivity contribution >= 4 is 0 Å². The molecule has 0 aliphatic heterocycles. The van der Waals surface area contributed by atoms with Crippen LogP contribution in [0.2, 0.25) is 0 Å². The molecule has 0 aromatic heterocycles. The van der Waals surface area contributed by atoms with Crippen LogP contribution in [0.4, 0.5) is 0 Å². The molecular formula is C17H25N. The van der Waals surface area contributed by atoms with Crippen molar-refractivity contribution in [2.75, 3.05) is 6.54 Å². The van der Waals surface area contributed by atoms with E-state index in [2.05, 4.69) is 62.5 Å². The highest BCUT2D eigenvalue weighted by atomic mass is 14.9. The molecule has 1 aliphatic carbocycles. The van der Waals surface area contributed by atoms with Gasteiger partial charge in [0.15, 0.2) is 0 Å². The Kier molecular flexibility index (Phi) is 4.60. The van der Waals surface area contributed by atoms with E-state index in [1.165, 1.54) is 18.4 Å². The third-order valence-corrected chi connectivity index (χ3v) is 3.90. The van der Waals surface area contributed by atoms with Gasteiger partial charge >= 0.3 is 0 Å². The Morgan fingerprint density at radius 1 is 1.28 bits per heavy atom. The molecular weight excluding hydrogens is 218 g/mol. The summed E-state index contributed by atoms with van der Waals surface area (Å²) in [6.45, 7) is 7.98. The topological polar surface area (TPSA) is 12.0 Å². The van der Waals surface area contributed by atoms with Crippen LogP contribution in [0.5, 0.6) is 0 Å². The Hall–Kier alpha value is -1.08. The summed E-state index contributed by atoms with van der Waals surface area (Å²) in [7, 11) is 0. The van der Waals surface area contributed by atoms with E-state index < -0.39 is 0 Å². The van der Waals surface area contributed by atoms with Gasteiger partial charge in [-0.25, -0.2) is 0 Å². The predicted molar refractivity (Wildman–Crippen MR) is 78.5 cm³/mol. The van der Waals surface area contributed by atoms with Gasteiger partial charge in [-0.3, -0.25) is 0 Å². The summed E-state index contributed by atoms with van der Waals surface area (Å²) in [6.07, 6.45) is 5.02. The molecule has 18 heavy (non-hydrogen) atoms. The summed E-state index contributed by atoms with van der Waals surface area (Å²) < 4.78 is 0. The van der Waals surface area contributed by atoms with Crippen molar-refractivity contribution in [1.29, 1.82) is 0 Å². The molecule has 0 saturated carbocycles. The van der Waals surface area contributed by atoms with E-state index in [0.717, 1.165) is 18.4 Å². The lowest BCUT2D eigenvalue weighted by Crippen LogP contribution is -2.28. The van der Waals surface area contributed by atoms with Crippen LogP contribution >= 0.6 is 0 Å². The Labute approximate surface area is 111 Å². The minimum atomic E-state index is 0.452. The fourth-order valence-electron chi connectivity index (χ4n) is 3.04. The van der Waals surface area contributed by atoms with E-state index in [1.807, 2.05) is 0 Å². The highest BCUT2D eigenvalue weighted by molar-refractivity contribution is 5.18. The van der Waals surface area contributed by atoms with Crippen molar-refractivity contribution in [3.63, 3.8) is 0 Å². The lowest BCUT2D eigenvalue weighted by Gasteiger charge is -2.27. The fourth-order valence-corrected chi connectivity index (χ4v) is 3.04. The maximum atomic E-state index is 3.68. The van der Waals surface area contributed by atoms with Gasteiger partial charge < -0.3 is 5.32 Å². The van der Waals surface area contributed by atoms with E-state index in [-0.39, 0.29) is 0 Å². The molecule has 98 valence electrons. The van der Waals surface area contributed by atoms with E-state index >= 15 is 0 Å². The zero-order valence-corrected chi connectivity index (χ0v) is 11.8. The lowest BCUT2D eigenvalue weighted by atomic mass is 9.83. The molecule has 1 heteroatoms. The monoisotopic (exact) mass is 243 g/mol. The van der Waals surface area contributed by atoms with Gasteiger partial charge in [0.25, 0.3) is 0 Å². The molecule has 0 saturated heterocycles. The quantitative estimate of drug-likeness (QED) is 0.776. The SMILES string of the molecule is CC1=CC(C)CC(CNC(C)c2ccccc2)C1. The molecule has 0 amide bonds. The van der Waals surface area contributed by atoms with Crippen LogP contribution in [-0.2, 0) is 0 Å². The van der Waals surface area contributed by atoms with Crippen molar-refractivity contribution in [3.8, 4) is 0 Å². The average molecular weight is 243 g/mol. The van der Waals surface area contributed by atoms with E-state index in [9.17, 15) is 0 Å². The van der Waals surface area contributed by atoms with Gasteiger partial charge in [-0.1, -0.05) is 48.9 Å². The maximum Gasteiger partial charge on any atom is 0.0291 e. The molecule has 3 unspecified atom stereocenters. The Morgan fingerprint density at radius 2 is 2.00 bits per heavy atom. The molecule has 0 bridgehead atoms. The van der Waals surface area contributed by atoms with Gasteiger partial charge in [-0.2, -0.15) is 0 Å². The van der Waals surface area contributed by atoms with Gasteiger partial charge in [0.2, 0.25) is 0 Å². The van der Waals surface area contributed by atoms with Crippen molar-refractivity contribution in [2.24, 2.45) is 11.8 Å². The Bertz CT molecular complexity index is 393. The number of allylic oxidation sites excluding steroid dienone is 2. The first-order valence-corrected chi connectivity index (χ1v) is 7.10. The molecule has 1 N–H and O–H groups in total. The maximum absolute atomic E-state index is 3.68. The molecule has 1 aromatic rings. The molecule has 0 spiro atoms. The van der Waals surface area contributed by atoms with Crippen molar-refractivity contribution in [2.45, 2.75) is 39.7 Å². The van der Waals surface area contributed by atoms with Crippen LogP contribution in [0.25, 0.3) is 0 Å². The first kappa shape index (κ1) is 13.4. The minimum Gasteiger partial charge on any atom is -0.310 e. The van der Waals surface area contributed by atoms with Crippen molar-refractivity contribution in [1.82, 2.24) is 5.32 Å². The lowest BCUT2D eigenvalue weighted by molar-refractivity contribution is 0.367. The van der Waals surface area contributed by atoms with Crippen LogP contribution in [-0.4, -0.2) is 6.54 Å². The van der Waals surface area contributed by atoms with Gasteiger partial charge in [-0.15, -0.1) is 0 Å². The second-order valence-electron chi connectivity index (χ2n) is 5.84. The van der Waals surface area contributed by atoms with Crippen molar-refractivity contribution < 1.29 is 0 Å². The number of hydrogen-bond acceptors (Lipinski definition) is 1. The number of rotatable bonds is 4. The molecule has 0 heterocycles. The van der Waals surface area contributed by atoms with E-state index in [0.29, 0.717) is 6.04 Å². The second kappa shape index (κ2) is 6.19. The molecule has 1 aromatic carbocycles. The Balaban J connectivity index is 1.83. The number of nitrogens with one attached hydrogen (secondary N) is 1. The largest absolute Gasteiger partial charge is 0.310 e. The van der Waals surface area contributed by atoms with Crippen LogP contribution in [0.1, 0.15) is 45.2 Å². The molecule has 1 aliphatic rings. The average Bonchev–Trinajstić information content (AvgIpc) is 2.36. The predicted octanol–water partition coefficient (Wildman–Crippen LogP) is 4.33. The van der Waals surface area contributed by atoms with Crippen LogP contribution in [0.15, 0.2) is 42.0 Å². The minimum absolute atomic E-state index is 0.452. The third kappa shape index (κ3) is 3.71. The second-order valence-corrected chi connectivity index (χ2v) is 5.84. The molecule has 0 fully saturated rings. The summed E-state index contributed by atoms with van der Waals surface area (Å²) in [5.74, 6) is 1.55. The van der Waals surface area contributed by atoms with Gasteiger partial charge in [-0.05, 0) is 50.6 Å². The Morgan fingerprint density at radius 3 is 2.67 bits per heavy atom. The molecule has 1 nitrogen and oxygen atoms in total. The summed E-state index contributed by atoms with van der Waals surface area (Å²) in [5, 5.41) is 3.68. The number of benzene rings is 1. The fraction of sp³-hybridized carbons (Fsp3) is 0.529. The zero-order chi connectivity index (χ0) is 13.0. The normalized spacial score (nSPS) is 25.6. The summed E-state index contributed by atoms with van der Waals surface area (Å²) >= 11 is 0. The van der Waals surface area contributed by atoms with Crippen LogP contribution in [0.3, 0.4) is 0 Å². The highest BCUT2D eigenvalue weighted by Crippen LogP contribution is 2.27. The molecule has 2 rings (SSSR count). The zero-order valence-electron chi connectivity index (χ0n) is 11.8. The van der Waals surface area contributed by atoms with Crippen molar-refractivity contribution in [3.05, 3.63) is 47.5 Å². The summed E-state index contributed by atoms with van der Waals surface area (Å²) in [5.41, 5.74) is 2.95. The van der Waals surface area contributed by atoms with Gasteiger partial charge in [0.1, 0.15) is 0 Å².